The fraction of sp³-hybridized carbons (Fsp3) is 0.455. The van der Waals surface area contributed by atoms with Gasteiger partial charge >= 0.3 is 0 Å². The Kier molecular flexibility index (Phi) is 5.11. The number of amidine groups is 1. The average molecular weight is 239 g/mol. The van der Waals surface area contributed by atoms with Crippen molar-refractivity contribution in [1.82, 2.24) is 4.98 Å². The number of hydrogen-bond donors (Lipinski definition) is 2. The molecule has 1 aromatic heterocycles. The van der Waals surface area contributed by atoms with Crippen molar-refractivity contribution >= 4 is 17.6 Å². The summed E-state index contributed by atoms with van der Waals surface area (Å²) in [6, 6.07) is 1.76. The van der Waals surface area contributed by atoms with Crippen LogP contribution in [0.3, 0.4) is 0 Å². The molecule has 0 fully saturated rings. The Morgan fingerprint density at radius 1 is 1.69 bits per heavy atom. The SMILES string of the molecule is CCC(C)CSc1cnccc1/C(N)=N/O. The number of pyridine rings is 1. The molecule has 0 aliphatic heterocycles. The van der Waals surface area contributed by atoms with Crippen molar-refractivity contribution in [2.45, 2.75) is 25.2 Å². The Balaban J connectivity index is 2.79. The number of hydrogen-bond acceptors (Lipinski definition) is 4. The zero-order valence-corrected chi connectivity index (χ0v) is 10.4. The van der Waals surface area contributed by atoms with Crippen LogP contribution in [0.25, 0.3) is 0 Å². The Hall–Kier alpha value is -1.23. The van der Waals surface area contributed by atoms with E-state index in [1.807, 2.05) is 0 Å². The van der Waals surface area contributed by atoms with Crippen LogP contribution in [0.5, 0.6) is 0 Å². The first-order chi connectivity index (χ1) is 7.69. The van der Waals surface area contributed by atoms with E-state index < -0.39 is 0 Å². The molecule has 0 aliphatic rings. The summed E-state index contributed by atoms with van der Waals surface area (Å²) >= 11 is 1.69. The molecule has 0 amide bonds. The van der Waals surface area contributed by atoms with Crippen molar-refractivity contribution in [2.75, 3.05) is 5.75 Å². The fourth-order valence-electron chi connectivity index (χ4n) is 1.11. The predicted molar refractivity (Wildman–Crippen MR) is 66.9 cm³/mol. The van der Waals surface area contributed by atoms with Crippen LogP contribution in [0, 0.1) is 5.92 Å². The van der Waals surface area contributed by atoms with Gasteiger partial charge in [-0.05, 0) is 12.0 Å². The monoisotopic (exact) mass is 239 g/mol. The normalized spacial score (nSPS) is 13.8. The summed E-state index contributed by atoms with van der Waals surface area (Å²) in [6.45, 7) is 4.37. The lowest BCUT2D eigenvalue weighted by molar-refractivity contribution is 0.318. The van der Waals surface area contributed by atoms with Crippen molar-refractivity contribution < 1.29 is 5.21 Å². The van der Waals surface area contributed by atoms with Crippen LogP contribution in [0.15, 0.2) is 28.5 Å². The molecule has 1 aromatic rings. The average Bonchev–Trinajstić information content (AvgIpc) is 2.35. The van der Waals surface area contributed by atoms with Gasteiger partial charge in [-0.15, -0.1) is 11.8 Å². The fourth-order valence-corrected chi connectivity index (χ4v) is 2.27. The van der Waals surface area contributed by atoms with Gasteiger partial charge < -0.3 is 10.9 Å². The molecule has 1 unspecified atom stereocenters. The minimum atomic E-state index is 0.133. The van der Waals surface area contributed by atoms with E-state index >= 15 is 0 Å². The third kappa shape index (κ3) is 3.41. The van der Waals surface area contributed by atoms with Gasteiger partial charge in [-0.3, -0.25) is 4.98 Å². The molecule has 0 radical (unpaired) electrons. The first-order valence-corrected chi connectivity index (χ1v) is 6.22. The molecule has 16 heavy (non-hydrogen) atoms. The van der Waals surface area contributed by atoms with E-state index in [-0.39, 0.29) is 5.84 Å². The lowest BCUT2D eigenvalue weighted by Crippen LogP contribution is -2.14. The summed E-state index contributed by atoms with van der Waals surface area (Å²) in [4.78, 5) is 5.01. The molecule has 3 N–H and O–H groups in total. The molecule has 5 heteroatoms. The van der Waals surface area contributed by atoms with Crippen LogP contribution in [-0.4, -0.2) is 21.8 Å². The summed E-state index contributed by atoms with van der Waals surface area (Å²) < 4.78 is 0. The molecule has 0 bridgehead atoms. The minimum absolute atomic E-state index is 0.133. The smallest absolute Gasteiger partial charge is 0.171 e. The van der Waals surface area contributed by atoms with Gasteiger partial charge in [0.15, 0.2) is 5.84 Å². The highest BCUT2D eigenvalue weighted by molar-refractivity contribution is 7.99. The number of nitrogens with zero attached hydrogens (tertiary/aromatic N) is 2. The van der Waals surface area contributed by atoms with Gasteiger partial charge in [-0.25, -0.2) is 0 Å². The predicted octanol–water partition coefficient (Wildman–Crippen LogP) is 2.31. The Bertz CT molecular complexity index is 368. The highest BCUT2D eigenvalue weighted by atomic mass is 32.2. The van der Waals surface area contributed by atoms with Gasteiger partial charge in [0.25, 0.3) is 0 Å². The number of aromatic nitrogens is 1. The second kappa shape index (κ2) is 6.37. The van der Waals surface area contributed by atoms with Gasteiger partial charge in [-0.2, -0.15) is 0 Å². The van der Waals surface area contributed by atoms with Crippen LogP contribution < -0.4 is 5.73 Å². The van der Waals surface area contributed by atoms with Crippen LogP contribution in [0.1, 0.15) is 25.8 Å². The Labute approximate surface area is 99.9 Å². The van der Waals surface area contributed by atoms with Gasteiger partial charge in [0.1, 0.15) is 0 Å². The lowest BCUT2D eigenvalue weighted by Gasteiger charge is -2.10. The molecule has 0 aliphatic carbocycles. The molecule has 1 heterocycles. The van der Waals surface area contributed by atoms with E-state index in [0.29, 0.717) is 5.92 Å². The van der Waals surface area contributed by atoms with Gasteiger partial charge in [0.2, 0.25) is 0 Å². The van der Waals surface area contributed by atoms with Gasteiger partial charge in [0.05, 0.1) is 0 Å². The second-order valence-electron chi connectivity index (χ2n) is 3.68. The minimum Gasteiger partial charge on any atom is -0.409 e. The van der Waals surface area contributed by atoms with E-state index in [0.717, 1.165) is 22.6 Å². The number of nitrogens with two attached hydrogens (primary N) is 1. The summed E-state index contributed by atoms with van der Waals surface area (Å²) in [7, 11) is 0. The second-order valence-corrected chi connectivity index (χ2v) is 4.74. The number of thioether (sulfide) groups is 1. The lowest BCUT2D eigenvalue weighted by atomic mass is 10.2. The molecule has 1 atom stereocenters. The van der Waals surface area contributed by atoms with Crippen molar-refractivity contribution in [3.63, 3.8) is 0 Å². The summed E-state index contributed by atoms with van der Waals surface area (Å²) in [5, 5.41) is 11.7. The third-order valence-electron chi connectivity index (χ3n) is 2.39. The molecule has 0 saturated carbocycles. The Morgan fingerprint density at radius 3 is 3.06 bits per heavy atom. The number of rotatable bonds is 5. The summed E-state index contributed by atoms with van der Waals surface area (Å²) in [6.07, 6.45) is 4.53. The number of oxime groups is 1. The zero-order valence-electron chi connectivity index (χ0n) is 9.55. The summed E-state index contributed by atoms with van der Waals surface area (Å²) in [5.74, 6) is 1.79. The molecule has 0 aromatic carbocycles. The van der Waals surface area contributed by atoms with Crippen molar-refractivity contribution in [3.8, 4) is 0 Å². The quantitative estimate of drug-likeness (QED) is 0.272. The van der Waals surface area contributed by atoms with E-state index in [2.05, 4.69) is 24.0 Å². The zero-order chi connectivity index (χ0) is 12.0. The topological polar surface area (TPSA) is 71.5 Å². The van der Waals surface area contributed by atoms with E-state index in [1.54, 1.807) is 30.2 Å². The first kappa shape index (κ1) is 12.8. The van der Waals surface area contributed by atoms with E-state index in [9.17, 15) is 0 Å². The van der Waals surface area contributed by atoms with Crippen molar-refractivity contribution in [2.24, 2.45) is 16.8 Å². The van der Waals surface area contributed by atoms with Crippen molar-refractivity contribution in [3.05, 3.63) is 24.0 Å². The third-order valence-corrected chi connectivity index (χ3v) is 3.76. The van der Waals surface area contributed by atoms with Gasteiger partial charge in [-0.1, -0.05) is 25.4 Å². The van der Waals surface area contributed by atoms with Gasteiger partial charge in [0, 0.05) is 28.6 Å². The molecular formula is C11H17N3OS. The van der Waals surface area contributed by atoms with Crippen molar-refractivity contribution in [1.29, 1.82) is 0 Å². The molecule has 0 spiro atoms. The molecular weight excluding hydrogens is 222 g/mol. The highest BCUT2D eigenvalue weighted by Crippen LogP contribution is 2.24. The van der Waals surface area contributed by atoms with Crippen LogP contribution >= 0.6 is 11.8 Å². The van der Waals surface area contributed by atoms with Crippen LogP contribution in [-0.2, 0) is 0 Å². The standard InChI is InChI=1S/C11H17N3OS/c1-3-8(2)7-16-10-6-13-5-4-9(10)11(12)14-15/h4-6,8,15H,3,7H2,1-2H3,(H2,12,14). The Morgan fingerprint density at radius 2 is 2.44 bits per heavy atom. The maximum atomic E-state index is 8.67. The molecule has 4 nitrogen and oxygen atoms in total. The molecule has 88 valence electrons. The van der Waals surface area contributed by atoms with E-state index in [4.69, 9.17) is 10.9 Å². The highest BCUT2D eigenvalue weighted by Gasteiger charge is 2.08. The molecule has 0 saturated heterocycles. The maximum Gasteiger partial charge on any atom is 0.171 e. The largest absolute Gasteiger partial charge is 0.409 e. The maximum absolute atomic E-state index is 8.67. The summed E-state index contributed by atoms with van der Waals surface area (Å²) in [5.41, 5.74) is 6.33. The van der Waals surface area contributed by atoms with Crippen LogP contribution in [0.2, 0.25) is 0 Å². The van der Waals surface area contributed by atoms with Crippen LogP contribution in [0.4, 0.5) is 0 Å². The first-order valence-electron chi connectivity index (χ1n) is 5.23. The molecule has 1 rings (SSSR count). The van der Waals surface area contributed by atoms with E-state index in [1.165, 1.54) is 0 Å².